The lowest BCUT2D eigenvalue weighted by Gasteiger charge is -2.14. The number of nitrogens with one attached hydrogen (secondary N) is 1. The average molecular weight is 225 g/mol. The molecule has 0 radical (unpaired) electrons. The maximum absolute atomic E-state index is 8.99. The highest BCUT2D eigenvalue weighted by Gasteiger charge is 2.19. The molecule has 5 heteroatoms. The molecule has 2 rings (SSSR count). The van der Waals surface area contributed by atoms with Crippen LogP contribution in [0.5, 0.6) is 0 Å². The number of hydrogen-bond acceptors (Lipinski definition) is 4. The molecule has 0 aromatic carbocycles. The number of aromatic nitrogens is 2. The quantitative estimate of drug-likeness (QED) is 0.791. The van der Waals surface area contributed by atoms with E-state index in [-0.39, 0.29) is 6.61 Å². The van der Waals surface area contributed by atoms with Crippen LogP contribution in [0.1, 0.15) is 17.7 Å². The van der Waals surface area contributed by atoms with Crippen molar-refractivity contribution in [2.24, 2.45) is 0 Å². The second-order valence-electron chi connectivity index (χ2n) is 4.21. The van der Waals surface area contributed by atoms with Gasteiger partial charge in [-0.15, -0.1) is 0 Å². The summed E-state index contributed by atoms with van der Waals surface area (Å²) in [5.74, 6) is 1.02. The van der Waals surface area contributed by atoms with E-state index in [1.165, 1.54) is 0 Å². The van der Waals surface area contributed by atoms with Gasteiger partial charge in [0.1, 0.15) is 5.82 Å². The molecule has 16 heavy (non-hydrogen) atoms. The van der Waals surface area contributed by atoms with E-state index in [0.717, 1.165) is 36.7 Å². The highest BCUT2D eigenvalue weighted by Crippen LogP contribution is 2.21. The number of aryl methyl sites for hydroxylation is 1. The van der Waals surface area contributed by atoms with E-state index >= 15 is 0 Å². The van der Waals surface area contributed by atoms with Gasteiger partial charge < -0.3 is 15.2 Å². The van der Waals surface area contributed by atoms with E-state index in [4.69, 9.17) is 9.84 Å². The molecule has 1 atom stereocenters. The molecule has 2 N–H and O–H groups in total. The third-order valence-electron chi connectivity index (χ3n) is 3.01. The van der Waals surface area contributed by atoms with E-state index < -0.39 is 0 Å². The minimum absolute atomic E-state index is 0.108. The van der Waals surface area contributed by atoms with E-state index in [1.807, 2.05) is 18.5 Å². The monoisotopic (exact) mass is 225 g/mol. The number of anilines is 1. The minimum atomic E-state index is 0.108. The highest BCUT2D eigenvalue weighted by atomic mass is 16.5. The van der Waals surface area contributed by atoms with E-state index in [2.05, 4.69) is 10.4 Å². The number of aliphatic hydroxyl groups is 1. The molecule has 1 saturated heterocycles. The van der Waals surface area contributed by atoms with Crippen LogP contribution in [0.3, 0.4) is 0 Å². The van der Waals surface area contributed by atoms with Gasteiger partial charge in [-0.1, -0.05) is 0 Å². The summed E-state index contributed by atoms with van der Waals surface area (Å²) in [6.45, 7) is 6.25. The molecule has 0 amide bonds. The molecule has 0 bridgehead atoms. The van der Waals surface area contributed by atoms with E-state index in [0.29, 0.717) is 12.6 Å². The summed E-state index contributed by atoms with van der Waals surface area (Å²) in [5, 5.41) is 16.8. The molecule has 1 aromatic heterocycles. The normalized spacial score (nSPS) is 20.3. The maximum Gasteiger partial charge on any atom is 0.127 e. The van der Waals surface area contributed by atoms with Crippen LogP contribution in [-0.4, -0.2) is 40.7 Å². The SMILES string of the molecule is Cc1nn(CCO)c(NC2CCOC2)c1C. The fourth-order valence-corrected chi connectivity index (χ4v) is 1.95. The fraction of sp³-hybridized carbons (Fsp3) is 0.727. The topological polar surface area (TPSA) is 59.3 Å². The van der Waals surface area contributed by atoms with Crippen molar-refractivity contribution in [2.75, 3.05) is 25.1 Å². The lowest BCUT2D eigenvalue weighted by atomic mass is 10.2. The molecule has 2 heterocycles. The van der Waals surface area contributed by atoms with Crippen LogP contribution < -0.4 is 5.32 Å². The van der Waals surface area contributed by atoms with Gasteiger partial charge in [0.25, 0.3) is 0 Å². The zero-order chi connectivity index (χ0) is 11.5. The van der Waals surface area contributed by atoms with Gasteiger partial charge in [0.2, 0.25) is 0 Å². The first kappa shape index (κ1) is 11.4. The van der Waals surface area contributed by atoms with Gasteiger partial charge >= 0.3 is 0 Å². The number of nitrogens with zero attached hydrogens (tertiary/aromatic N) is 2. The fourth-order valence-electron chi connectivity index (χ4n) is 1.95. The zero-order valence-electron chi connectivity index (χ0n) is 9.86. The molecule has 0 spiro atoms. The summed E-state index contributed by atoms with van der Waals surface area (Å²) >= 11 is 0. The van der Waals surface area contributed by atoms with E-state index in [9.17, 15) is 0 Å². The van der Waals surface area contributed by atoms with Gasteiger partial charge in [-0.3, -0.25) is 0 Å². The van der Waals surface area contributed by atoms with Crippen LogP contribution in [0.15, 0.2) is 0 Å². The highest BCUT2D eigenvalue weighted by molar-refractivity contribution is 5.47. The predicted molar refractivity (Wildman–Crippen MR) is 61.6 cm³/mol. The van der Waals surface area contributed by atoms with Gasteiger partial charge in [-0.2, -0.15) is 5.10 Å². The third kappa shape index (κ3) is 2.20. The Bertz CT molecular complexity index is 356. The number of aliphatic hydroxyl groups excluding tert-OH is 1. The molecular weight excluding hydrogens is 206 g/mol. The molecule has 1 aromatic rings. The molecule has 1 unspecified atom stereocenters. The Kier molecular flexibility index (Phi) is 3.46. The summed E-state index contributed by atoms with van der Waals surface area (Å²) in [4.78, 5) is 0. The Morgan fingerprint density at radius 1 is 1.56 bits per heavy atom. The van der Waals surface area contributed by atoms with Gasteiger partial charge in [-0.05, 0) is 20.3 Å². The van der Waals surface area contributed by atoms with Crippen molar-refractivity contribution < 1.29 is 9.84 Å². The average Bonchev–Trinajstić information content (AvgIpc) is 2.84. The largest absolute Gasteiger partial charge is 0.394 e. The molecular formula is C11H19N3O2. The van der Waals surface area contributed by atoms with Crippen molar-refractivity contribution in [1.82, 2.24) is 9.78 Å². The summed E-state index contributed by atoms with van der Waals surface area (Å²) < 4.78 is 7.17. The second-order valence-corrected chi connectivity index (χ2v) is 4.21. The van der Waals surface area contributed by atoms with Crippen LogP contribution in [0.4, 0.5) is 5.82 Å². The van der Waals surface area contributed by atoms with Crippen LogP contribution in [0, 0.1) is 13.8 Å². The molecule has 1 aliphatic heterocycles. The number of rotatable bonds is 4. The Hall–Kier alpha value is -1.07. The molecule has 5 nitrogen and oxygen atoms in total. The standard InChI is InChI=1S/C11H19N3O2/c1-8-9(2)13-14(4-5-15)11(8)12-10-3-6-16-7-10/h10,12,15H,3-7H2,1-2H3. The van der Waals surface area contributed by atoms with Gasteiger partial charge in [0.05, 0.1) is 31.5 Å². The summed E-state index contributed by atoms with van der Waals surface area (Å²) in [6, 6.07) is 0.368. The van der Waals surface area contributed by atoms with Crippen molar-refractivity contribution >= 4 is 5.82 Å². The Morgan fingerprint density at radius 2 is 2.38 bits per heavy atom. The van der Waals surface area contributed by atoms with Crippen LogP contribution in [0.25, 0.3) is 0 Å². The zero-order valence-corrected chi connectivity index (χ0v) is 9.86. The summed E-state index contributed by atoms with van der Waals surface area (Å²) in [7, 11) is 0. The van der Waals surface area contributed by atoms with Gasteiger partial charge in [0.15, 0.2) is 0 Å². The van der Waals surface area contributed by atoms with E-state index in [1.54, 1.807) is 0 Å². The van der Waals surface area contributed by atoms with Crippen LogP contribution in [0.2, 0.25) is 0 Å². The van der Waals surface area contributed by atoms with Crippen molar-refractivity contribution in [2.45, 2.75) is 32.9 Å². The van der Waals surface area contributed by atoms with Crippen LogP contribution in [-0.2, 0) is 11.3 Å². The van der Waals surface area contributed by atoms with Crippen molar-refractivity contribution in [3.05, 3.63) is 11.3 Å². The first-order valence-corrected chi connectivity index (χ1v) is 5.71. The van der Waals surface area contributed by atoms with Crippen molar-refractivity contribution in [1.29, 1.82) is 0 Å². The molecule has 1 aliphatic rings. The number of ether oxygens (including phenoxy) is 1. The minimum Gasteiger partial charge on any atom is -0.394 e. The van der Waals surface area contributed by atoms with Crippen LogP contribution >= 0.6 is 0 Å². The molecule has 90 valence electrons. The third-order valence-corrected chi connectivity index (χ3v) is 3.01. The van der Waals surface area contributed by atoms with Crippen molar-refractivity contribution in [3.63, 3.8) is 0 Å². The first-order chi connectivity index (χ1) is 7.72. The first-order valence-electron chi connectivity index (χ1n) is 5.71. The predicted octanol–water partition coefficient (Wildman–Crippen LogP) is 0.693. The number of hydrogen-bond donors (Lipinski definition) is 2. The smallest absolute Gasteiger partial charge is 0.127 e. The van der Waals surface area contributed by atoms with Crippen molar-refractivity contribution in [3.8, 4) is 0 Å². The Balaban J connectivity index is 2.16. The molecule has 0 aliphatic carbocycles. The van der Waals surface area contributed by atoms with Gasteiger partial charge in [-0.25, -0.2) is 4.68 Å². The Morgan fingerprint density at radius 3 is 3.00 bits per heavy atom. The molecule has 1 fully saturated rings. The lowest BCUT2D eigenvalue weighted by Crippen LogP contribution is -2.22. The summed E-state index contributed by atoms with van der Waals surface area (Å²) in [5.41, 5.74) is 2.16. The lowest BCUT2D eigenvalue weighted by molar-refractivity contribution is 0.195. The second kappa shape index (κ2) is 4.84. The van der Waals surface area contributed by atoms with Gasteiger partial charge in [0, 0.05) is 12.2 Å². The molecule has 0 saturated carbocycles. The summed E-state index contributed by atoms with van der Waals surface area (Å²) in [6.07, 6.45) is 1.03. The Labute approximate surface area is 95.4 Å². The maximum atomic E-state index is 8.99.